The molecule has 0 aromatic heterocycles. The number of rotatable bonds is 5. The van der Waals surface area contributed by atoms with Crippen molar-refractivity contribution in [2.75, 3.05) is 12.0 Å². The first-order chi connectivity index (χ1) is 5.24. The highest BCUT2D eigenvalue weighted by Crippen LogP contribution is 1.98. The van der Waals surface area contributed by atoms with Gasteiger partial charge in [-0.2, -0.15) is 11.8 Å². The van der Waals surface area contributed by atoms with Crippen LogP contribution in [0.2, 0.25) is 0 Å². The molecule has 2 heteroatoms. The highest BCUT2D eigenvalue weighted by molar-refractivity contribution is 7.98. The van der Waals surface area contributed by atoms with Crippen molar-refractivity contribution in [3.05, 3.63) is 0 Å². The fraction of sp³-hybridized carbons (Fsp3) is 0.778. The molecule has 0 amide bonds. The van der Waals surface area contributed by atoms with Crippen LogP contribution in [-0.4, -0.2) is 24.1 Å². The van der Waals surface area contributed by atoms with Crippen molar-refractivity contribution in [2.45, 2.75) is 32.4 Å². The maximum Gasteiger partial charge on any atom is 0.0686 e. The minimum atomic E-state index is 0.247. The first kappa shape index (κ1) is 10.9. The summed E-state index contributed by atoms with van der Waals surface area (Å²) >= 11 is 1.84. The van der Waals surface area contributed by atoms with Gasteiger partial charge < -0.3 is 5.32 Å². The standard InChI is InChI=1S/C9H17NS/c1-5-9(6-2)10-8(3)7-11-4/h1,8-10H,6-7H2,2-4H3. The van der Waals surface area contributed by atoms with Gasteiger partial charge in [-0.25, -0.2) is 0 Å². The zero-order chi connectivity index (χ0) is 8.69. The molecule has 0 aromatic rings. The van der Waals surface area contributed by atoms with E-state index < -0.39 is 0 Å². The molecule has 2 atom stereocenters. The van der Waals surface area contributed by atoms with Crippen LogP contribution in [0.5, 0.6) is 0 Å². The van der Waals surface area contributed by atoms with Crippen LogP contribution in [0.4, 0.5) is 0 Å². The molecule has 2 unspecified atom stereocenters. The minimum Gasteiger partial charge on any atom is -0.300 e. The Bertz CT molecular complexity index is 128. The zero-order valence-electron chi connectivity index (χ0n) is 7.55. The molecule has 0 rings (SSSR count). The Hall–Kier alpha value is -0.130. The largest absolute Gasteiger partial charge is 0.300 e. The second kappa shape index (κ2) is 6.57. The van der Waals surface area contributed by atoms with E-state index in [-0.39, 0.29) is 6.04 Å². The molecule has 0 aliphatic rings. The quantitative estimate of drug-likeness (QED) is 0.632. The van der Waals surface area contributed by atoms with Crippen LogP contribution >= 0.6 is 11.8 Å². The van der Waals surface area contributed by atoms with Gasteiger partial charge in [-0.05, 0) is 19.6 Å². The topological polar surface area (TPSA) is 12.0 Å². The van der Waals surface area contributed by atoms with E-state index in [2.05, 4.69) is 31.3 Å². The van der Waals surface area contributed by atoms with Crippen LogP contribution in [0.25, 0.3) is 0 Å². The Morgan fingerprint density at radius 2 is 2.27 bits per heavy atom. The highest BCUT2D eigenvalue weighted by atomic mass is 32.2. The summed E-state index contributed by atoms with van der Waals surface area (Å²) in [6.45, 7) is 4.26. The third kappa shape index (κ3) is 5.17. The van der Waals surface area contributed by atoms with Crippen molar-refractivity contribution in [1.82, 2.24) is 5.32 Å². The molecule has 0 aliphatic heterocycles. The maximum absolute atomic E-state index is 5.31. The van der Waals surface area contributed by atoms with E-state index in [9.17, 15) is 0 Å². The predicted molar refractivity (Wildman–Crippen MR) is 53.9 cm³/mol. The van der Waals surface area contributed by atoms with Crippen molar-refractivity contribution in [2.24, 2.45) is 0 Å². The molecule has 0 fully saturated rings. The van der Waals surface area contributed by atoms with Gasteiger partial charge in [0.2, 0.25) is 0 Å². The third-order valence-corrected chi connectivity index (χ3v) is 2.35. The minimum absolute atomic E-state index is 0.247. The lowest BCUT2D eigenvalue weighted by atomic mass is 10.2. The smallest absolute Gasteiger partial charge is 0.0686 e. The van der Waals surface area contributed by atoms with Crippen LogP contribution in [0, 0.1) is 12.3 Å². The van der Waals surface area contributed by atoms with Crippen LogP contribution in [0.1, 0.15) is 20.3 Å². The van der Waals surface area contributed by atoms with Gasteiger partial charge in [0.05, 0.1) is 6.04 Å². The molecule has 0 saturated heterocycles. The van der Waals surface area contributed by atoms with E-state index in [0.29, 0.717) is 6.04 Å². The molecular weight excluding hydrogens is 154 g/mol. The van der Waals surface area contributed by atoms with Gasteiger partial charge in [-0.15, -0.1) is 6.42 Å². The lowest BCUT2D eigenvalue weighted by Gasteiger charge is -2.16. The number of hydrogen-bond donors (Lipinski definition) is 1. The van der Waals surface area contributed by atoms with Gasteiger partial charge in [0, 0.05) is 11.8 Å². The third-order valence-electron chi connectivity index (χ3n) is 1.51. The number of terminal acetylenes is 1. The lowest BCUT2D eigenvalue weighted by molar-refractivity contribution is 0.529. The Balaban J connectivity index is 3.55. The van der Waals surface area contributed by atoms with Crippen molar-refractivity contribution < 1.29 is 0 Å². The van der Waals surface area contributed by atoms with Crippen molar-refractivity contribution >= 4 is 11.8 Å². The SMILES string of the molecule is C#CC(CC)NC(C)CSC. The van der Waals surface area contributed by atoms with Crippen molar-refractivity contribution in [1.29, 1.82) is 0 Å². The molecule has 0 saturated carbocycles. The molecule has 0 heterocycles. The molecular formula is C9H17NS. The van der Waals surface area contributed by atoms with Gasteiger partial charge in [0.15, 0.2) is 0 Å². The second-order valence-electron chi connectivity index (χ2n) is 2.65. The van der Waals surface area contributed by atoms with E-state index in [4.69, 9.17) is 6.42 Å². The molecule has 0 aliphatic carbocycles. The summed E-state index contributed by atoms with van der Waals surface area (Å²) < 4.78 is 0. The second-order valence-corrected chi connectivity index (χ2v) is 3.56. The molecule has 0 radical (unpaired) electrons. The summed E-state index contributed by atoms with van der Waals surface area (Å²) in [7, 11) is 0. The number of thioether (sulfide) groups is 1. The summed E-state index contributed by atoms with van der Waals surface area (Å²) in [5.74, 6) is 3.84. The van der Waals surface area contributed by atoms with Crippen LogP contribution in [0.15, 0.2) is 0 Å². The first-order valence-electron chi connectivity index (χ1n) is 3.95. The van der Waals surface area contributed by atoms with Crippen LogP contribution in [-0.2, 0) is 0 Å². The summed E-state index contributed by atoms with van der Waals surface area (Å²) in [6.07, 6.45) is 8.42. The fourth-order valence-corrected chi connectivity index (χ4v) is 1.52. The van der Waals surface area contributed by atoms with Gasteiger partial charge in [0.25, 0.3) is 0 Å². The van der Waals surface area contributed by atoms with Gasteiger partial charge in [-0.1, -0.05) is 12.8 Å². The average Bonchev–Trinajstić information content (AvgIpc) is 2.01. The lowest BCUT2D eigenvalue weighted by Crippen LogP contribution is -2.36. The van der Waals surface area contributed by atoms with Crippen LogP contribution < -0.4 is 5.32 Å². The molecule has 0 spiro atoms. The summed E-state index contributed by atoms with van der Waals surface area (Å²) in [5, 5.41) is 3.36. The highest BCUT2D eigenvalue weighted by Gasteiger charge is 2.05. The zero-order valence-corrected chi connectivity index (χ0v) is 8.37. The van der Waals surface area contributed by atoms with Gasteiger partial charge in [0.1, 0.15) is 0 Å². The number of hydrogen-bond acceptors (Lipinski definition) is 2. The monoisotopic (exact) mass is 171 g/mol. The Morgan fingerprint density at radius 1 is 1.64 bits per heavy atom. The predicted octanol–water partition coefficient (Wildman–Crippen LogP) is 1.74. The van der Waals surface area contributed by atoms with E-state index in [1.807, 2.05) is 11.8 Å². The van der Waals surface area contributed by atoms with Crippen molar-refractivity contribution in [3.63, 3.8) is 0 Å². The van der Waals surface area contributed by atoms with E-state index in [1.54, 1.807) is 0 Å². The molecule has 11 heavy (non-hydrogen) atoms. The summed E-state index contributed by atoms with van der Waals surface area (Å²) in [6, 6.07) is 0.767. The normalized spacial score (nSPS) is 15.5. The maximum atomic E-state index is 5.31. The summed E-state index contributed by atoms with van der Waals surface area (Å²) in [5.41, 5.74) is 0. The first-order valence-corrected chi connectivity index (χ1v) is 5.35. The molecule has 0 aromatic carbocycles. The Morgan fingerprint density at radius 3 is 2.64 bits per heavy atom. The average molecular weight is 171 g/mol. The molecule has 64 valence electrons. The fourth-order valence-electron chi connectivity index (χ4n) is 0.925. The molecule has 0 bridgehead atoms. The van der Waals surface area contributed by atoms with E-state index in [1.165, 1.54) is 0 Å². The van der Waals surface area contributed by atoms with Crippen molar-refractivity contribution in [3.8, 4) is 12.3 Å². The van der Waals surface area contributed by atoms with E-state index >= 15 is 0 Å². The Labute approximate surface area is 74.3 Å². The van der Waals surface area contributed by atoms with Gasteiger partial charge in [-0.3, -0.25) is 0 Å². The van der Waals surface area contributed by atoms with Crippen LogP contribution in [0.3, 0.4) is 0 Å². The molecule has 1 N–H and O–H groups in total. The van der Waals surface area contributed by atoms with Gasteiger partial charge >= 0.3 is 0 Å². The summed E-state index contributed by atoms with van der Waals surface area (Å²) in [4.78, 5) is 0. The number of nitrogens with one attached hydrogen (secondary N) is 1. The molecule has 1 nitrogen and oxygen atoms in total. The Kier molecular flexibility index (Phi) is 6.49. The van der Waals surface area contributed by atoms with E-state index in [0.717, 1.165) is 12.2 Å².